The average Bonchev–Trinajstić information content (AvgIpc) is 3.17. The highest BCUT2D eigenvalue weighted by atomic mass is 31.2. The Morgan fingerprint density at radius 3 is 1.66 bits per heavy atom. The van der Waals surface area contributed by atoms with Gasteiger partial charge in [0.05, 0.1) is 27.7 Å². The molecule has 10 heteroatoms. The molecule has 58 heavy (non-hydrogen) atoms. The average molecular weight is 832 g/mol. The van der Waals surface area contributed by atoms with Crippen LogP contribution < -0.4 is 4.89 Å². The number of carbonyl (C=O) groups is 2. The third kappa shape index (κ3) is 42.8. The summed E-state index contributed by atoms with van der Waals surface area (Å²) in [5.74, 6) is -1.13. The van der Waals surface area contributed by atoms with Crippen molar-refractivity contribution >= 4 is 19.8 Å². The Kier molecular flexibility index (Phi) is 37.7. The maximum Gasteiger partial charge on any atom is 0.330 e. The van der Waals surface area contributed by atoms with Crippen molar-refractivity contribution in [2.45, 2.75) is 161 Å². The van der Waals surface area contributed by atoms with Crippen LogP contribution in [0.4, 0.5) is 0 Å². The number of carbonyl (C=O) groups excluding carboxylic acids is 2. The molecule has 0 aliphatic heterocycles. The second-order valence-electron chi connectivity index (χ2n) is 15.8. The van der Waals surface area contributed by atoms with E-state index < -0.39 is 32.5 Å². The summed E-state index contributed by atoms with van der Waals surface area (Å²) in [7, 11) is 1.09. The molecule has 0 aromatic rings. The van der Waals surface area contributed by atoms with Crippen molar-refractivity contribution in [2.75, 3.05) is 47.5 Å². The molecule has 0 aliphatic rings. The van der Waals surface area contributed by atoms with Crippen LogP contribution in [0.1, 0.15) is 155 Å². The topological polar surface area (TPSA) is 111 Å². The van der Waals surface area contributed by atoms with Gasteiger partial charge in [0, 0.05) is 12.5 Å². The number of rotatable bonds is 39. The first-order chi connectivity index (χ1) is 28.0. The number of phosphoric ester groups is 1. The lowest BCUT2D eigenvalue weighted by Gasteiger charge is -2.28. The molecule has 0 aromatic carbocycles. The number of allylic oxidation sites excluding steroid dienone is 13. The van der Waals surface area contributed by atoms with Crippen molar-refractivity contribution in [2.24, 2.45) is 0 Å². The van der Waals surface area contributed by atoms with Crippen LogP contribution in [-0.4, -0.2) is 70.0 Å². The van der Waals surface area contributed by atoms with Crippen LogP contribution in [0.15, 0.2) is 85.1 Å². The molecule has 9 nitrogen and oxygen atoms in total. The summed E-state index contributed by atoms with van der Waals surface area (Å²) < 4.78 is 33.7. The molecule has 0 rings (SSSR count). The van der Waals surface area contributed by atoms with Crippen LogP contribution in [0.25, 0.3) is 0 Å². The number of likely N-dealkylation sites (N-methyl/N-ethyl adjacent to an activating group) is 1. The Bertz CT molecular complexity index is 1260. The molecule has 0 amide bonds. The highest BCUT2D eigenvalue weighted by Gasteiger charge is 2.21. The number of quaternary nitrogens is 1. The SMILES string of the molecule is CC/C=C/C/C=C/C/C=C/C/C=C/C/C=C/CCCCCC(=O)O[C@H](COC(=O)/C=C/C=C/CCCCCCCCCCCCC)COP(=O)([O-])OCC[N+](C)(C)C. The largest absolute Gasteiger partial charge is 0.756 e. The number of hydrogen-bond donors (Lipinski definition) is 0. The highest BCUT2D eigenvalue weighted by molar-refractivity contribution is 7.45. The molecule has 0 N–H and O–H groups in total. The van der Waals surface area contributed by atoms with Crippen LogP contribution in [0.2, 0.25) is 0 Å². The van der Waals surface area contributed by atoms with Gasteiger partial charge in [0.1, 0.15) is 19.8 Å². The van der Waals surface area contributed by atoms with Crippen molar-refractivity contribution in [1.29, 1.82) is 0 Å². The van der Waals surface area contributed by atoms with Crippen LogP contribution >= 0.6 is 7.82 Å². The van der Waals surface area contributed by atoms with E-state index in [-0.39, 0.29) is 19.6 Å². The van der Waals surface area contributed by atoms with E-state index in [1.165, 1.54) is 70.3 Å². The van der Waals surface area contributed by atoms with Gasteiger partial charge in [-0.05, 0) is 64.2 Å². The van der Waals surface area contributed by atoms with Gasteiger partial charge >= 0.3 is 11.9 Å². The monoisotopic (exact) mass is 832 g/mol. The fourth-order valence-corrected chi connectivity index (χ4v) is 6.26. The van der Waals surface area contributed by atoms with Crippen LogP contribution in [0, 0.1) is 0 Å². The number of nitrogens with zero attached hydrogens (tertiary/aromatic N) is 1. The van der Waals surface area contributed by atoms with Crippen LogP contribution in [0.3, 0.4) is 0 Å². The van der Waals surface area contributed by atoms with Crippen molar-refractivity contribution in [1.82, 2.24) is 0 Å². The second kappa shape index (κ2) is 39.6. The lowest BCUT2D eigenvalue weighted by molar-refractivity contribution is -0.870. The summed E-state index contributed by atoms with van der Waals surface area (Å²) in [6.45, 7) is 3.92. The molecule has 1 unspecified atom stereocenters. The predicted molar refractivity (Wildman–Crippen MR) is 240 cm³/mol. The number of esters is 2. The molecule has 2 atom stereocenters. The van der Waals surface area contributed by atoms with E-state index >= 15 is 0 Å². The summed E-state index contributed by atoms with van der Waals surface area (Å²) in [5.41, 5.74) is 0. The Labute approximate surface area is 354 Å². The summed E-state index contributed by atoms with van der Waals surface area (Å²) in [6.07, 6.45) is 51.0. The number of hydrogen-bond acceptors (Lipinski definition) is 8. The van der Waals surface area contributed by atoms with Crippen molar-refractivity contribution in [3.8, 4) is 0 Å². The van der Waals surface area contributed by atoms with E-state index in [1.807, 2.05) is 33.3 Å². The minimum Gasteiger partial charge on any atom is -0.756 e. The van der Waals surface area contributed by atoms with Gasteiger partial charge in [-0.1, -0.05) is 163 Å². The molecule has 0 spiro atoms. The molecule has 0 fully saturated rings. The maximum absolute atomic E-state index is 12.7. The van der Waals surface area contributed by atoms with Gasteiger partial charge in [-0.2, -0.15) is 0 Å². The van der Waals surface area contributed by atoms with Crippen LogP contribution in [0.5, 0.6) is 0 Å². The van der Waals surface area contributed by atoms with Gasteiger partial charge in [-0.25, -0.2) is 4.79 Å². The maximum atomic E-state index is 12.7. The molecule has 0 radical (unpaired) electrons. The first kappa shape index (κ1) is 55.2. The third-order valence-electron chi connectivity index (χ3n) is 9.00. The predicted octanol–water partition coefficient (Wildman–Crippen LogP) is 12.2. The van der Waals surface area contributed by atoms with Gasteiger partial charge in [0.2, 0.25) is 0 Å². The highest BCUT2D eigenvalue weighted by Crippen LogP contribution is 2.38. The Morgan fingerprint density at radius 1 is 0.603 bits per heavy atom. The lowest BCUT2D eigenvalue weighted by atomic mass is 10.1. The van der Waals surface area contributed by atoms with Gasteiger partial charge < -0.3 is 27.9 Å². The zero-order valence-electron chi connectivity index (χ0n) is 37.2. The zero-order chi connectivity index (χ0) is 42.8. The summed E-state index contributed by atoms with van der Waals surface area (Å²) in [6, 6.07) is 0. The molecule has 0 heterocycles. The van der Waals surface area contributed by atoms with E-state index in [0.717, 1.165) is 64.2 Å². The molecule has 0 aromatic heterocycles. The van der Waals surface area contributed by atoms with Gasteiger partial charge in [0.15, 0.2) is 6.10 Å². The van der Waals surface area contributed by atoms with Crippen LogP contribution in [-0.2, 0) is 32.7 Å². The minimum atomic E-state index is -4.66. The van der Waals surface area contributed by atoms with E-state index in [4.69, 9.17) is 18.5 Å². The zero-order valence-corrected chi connectivity index (χ0v) is 38.1. The van der Waals surface area contributed by atoms with Gasteiger partial charge in [0.25, 0.3) is 7.82 Å². The fraction of sp³-hybridized carbons (Fsp3) is 0.667. The number of ether oxygens (including phenoxy) is 2. The molecule has 332 valence electrons. The Morgan fingerprint density at radius 2 is 1.10 bits per heavy atom. The first-order valence-corrected chi connectivity index (χ1v) is 23.8. The molecule has 0 bridgehead atoms. The Hall–Kier alpha value is -2.81. The second-order valence-corrected chi connectivity index (χ2v) is 17.2. The molecular formula is C48H82NO8P. The summed E-state index contributed by atoms with van der Waals surface area (Å²) in [5, 5.41) is 0. The fourth-order valence-electron chi connectivity index (χ4n) is 5.53. The van der Waals surface area contributed by atoms with E-state index in [0.29, 0.717) is 17.4 Å². The van der Waals surface area contributed by atoms with E-state index in [1.54, 1.807) is 6.08 Å². The quantitative estimate of drug-likeness (QED) is 0.0114. The normalized spacial score (nSPS) is 14.4. The van der Waals surface area contributed by atoms with E-state index in [9.17, 15) is 19.0 Å². The van der Waals surface area contributed by atoms with Crippen molar-refractivity contribution in [3.05, 3.63) is 85.1 Å². The third-order valence-corrected chi connectivity index (χ3v) is 9.97. The smallest absolute Gasteiger partial charge is 0.330 e. The lowest BCUT2D eigenvalue weighted by Crippen LogP contribution is -2.37. The molecular weight excluding hydrogens is 750 g/mol. The molecule has 0 saturated heterocycles. The summed E-state index contributed by atoms with van der Waals surface area (Å²) >= 11 is 0. The standard InChI is InChI=1S/C48H82NO8P/c1-6-8-10-12-14-16-18-20-22-23-24-25-27-29-31-33-35-37-39-41-48(51)57-46(45-56-58(52,53)55-43-42-49(3,4)5)44-54-47(50)40-38-36-34-32-30-28-26-21-19-17-15-13-11-9-7-2/h8,10,14,16,20,22,24-25,29,31,34,36,38,40,46H,6-7,9,11-13,15,17-19,21,23,26-28,30,32-33,35,37,39,41-45H2,1-5H3/b10-8+,16-14+,22-20+,25-24+,31-29+,36-34+,40-38+/t46-/m1/s1. The number of phosphoric acid groups is 1. The molecule has 0 aliphatic carbocycles. The van der Waals surface area contributed by atoms with Gasteiger partial charge in [-0.3, -0.25) is 9.36 Å². The molecule has 0 saturated carbocycles. The Balaban J connectivity index is 4.53. The van der Waals surface area contributed by atoms with Crippen molar-refractivity contribution < 1.29 is 42.1 Å². The summed E-state index contributed by atoms with van der Waals surface area (Å²) in [4.78, 5) is 37.4. The first-order valence-electron chi connectivity index (χ1n) is 22.3. The number of unbranched alkanes of at least 4 members (excludes halogenated alkanes) is 14. The van der Waals surface area contributed by atoms with Crippen molar-refractivity contribution in [3.63, 3.8) is 0 Å². The van der Waals surface area contributed by atoms with Gasteiger partial charge in [-0.15, -0.1) is 0 Å². The minimum absolute atomic E-state index is 0.0547. The van der Waals surface area contributed by atoms with E-state index in [2.05, 4.69) is 74.6 Å².